The lowest BCUT2D eigenvalue weighted by Crippen LogP contribution is -2.38. The number of aromatic amines is 1. The van der Waals surface area contributed by atoms with E-state index in [2.05, 4.69) is 41.2 Å². The molecule has 0 aromatic carbocycles. The van der Waals surface area contributed by atoms with Crippen molar-refractivity contribution in [2.75, 3.05) is 19.6 Å². The zero-order chi connectivity index (χ0) is 13.7. The Hall–Kier alpha value is -0.870. The average Bonchev–Trinajstić information content (AvgIpc) is 2.72. The van der Waals surface area contributed by atoms with Crippen LogP contribution in [-0.4, -0.2) is 40.8 Å². The maximum atomic E-state index is 4.23. The van der Waals surface area contributed by atoms with Crippen LogP contribution in [0.1, 0.15) is 49.6 Å². The SMILES string of the molecule is Cc1n[nH]c(C)c1CNCCCN1CCCCC1C. The van der Waals surface area contributed by atoms with E-state index in [1.54, 1.807) is 0 Å². The molecule has 1 saturated heterocycles. The van der Waals surface area contributed by atoms with E-state index in [0.717, 1.165) is 24.8 Å². The zero-order valence-electron chi connectivity index (χ0n) is 12.6. The van der Waals surface area contributed by atoms with Crippen LogP contribution in [0.15, 0.2) is 0 Å². The number of aromatic nitrogens is 2. The Morgan fingerprint density at radius 3 is 2.89 bits per heavy atom. The topological polar surface area (TPSA) is 44.0 Å². The molecule has 2 heterocycles. The molecule has 0 bridgehead atoms. The van der Waals surface area contributed by atoms with Gasteiger partial charge in [-0.1, -0.05) is 6.42 Å². The molecule has 2 N–H and O–H groups in total. The Balaban J connectivity index is 1.62. The molecule has 0 saturated carbocycles. The quantitative estimate of drug-likeness (QED) is 0.775. The molecule has 0 aliphatic carbocycles. The second kappa shape index (κ2) is 7.06. The van der Waals surface area contributed by atoms with Gasteiger partial charge in [0.15, 0.2) is 0 Å². The Morgan fingerprint density at radius 1 is 1.37 bits per heavy atom. The molecule has 4 heteroatoms. The van der Waals surface area contributed by atoms with Crippen molar-refractivity contribution in [1.82, 2.24) is 20.4 Å². The number of hydrogen-bond acceptors (Lipinski definition) is 3. The van der Waals surface area contributed by atoms with Gasteiger partial charge in [0.1, 0.15) is 0 Å². The van der Waals surface area contributed by atoms with Crippen LogP contribution >= 0.6 is 0 Å². The predicted octanol–water partition coefficient (Wildman–Crippen LogP) is 2.38. The molecule has 1 aliphatic rings. The first-order valence-electron chi connectivity index (χ1n) is 7.63. The smallest absolute Gasteiger partial charge is 0.0638 e. The number of nitrogens with zero attached hydrogens (tertiary/aromatic N) is 2. The molecule has 1 fully saturated rings. The Bertz CT molecular complexity index is 366. The highest BCUT2D eigenvalue weighted by Crippen LogP contribution is 2.16. The van der Waals surface area contributed by atoms with Crippen molar-refractivity contribution in [2.45, 2.75) is 59.0 Å². The van der Waals surface area contributed by atoms with Crippen molar-refractivity contribution in [3.63, 3.8) is 0 Å². The lowest BCUT2D eigenvalue weighted by Gasteiger charge is -2.33. The van der Waals surface area contributed by atoms with Gasteiger partial charge < -0.3 is 10.2 Å². The molecule has 2 rings (SSSR count). The van der Waals surface area contributed by atoms with Gasteiger partial charge in [-0.2, -0.15) is 5.10 Å². The Morgan fingerprint density at radius 2 is 2.21 bits per heavy atom. The van der Waals surface area contributed by atoms with Crippen LogP contribution in [0.5, 0.6) is 0 Å². The third-order valence-corrected chi connectivity index (χ3v) is 4.32. The maximum Gasteiger partial charge on any atom is 0.0638 e. The molecule has 0 spiro atoms. The van der Waals surface area contributed by atoms with Crippen LogP contribution in [0.25, 0.3) is 0 Å². The predicted molar refractivity (Wildman–Crippen MR) is 79.3 cm³/mol. The first-order valence-corrected chi connectivity index (χ1v) is 7.63. The minimum atomic E-state index is 0.784. The monoisotopic (exact) mass is 264 g/mol. The summed E-state index contributed by atoms with van der Waals surface area (Å²) in [5, 5.41) is 10.8. The molecule has 0 amide bonds. The van der Waals surface area contributed by atoms with Crippen molar-refractivity contribution in [3.05, 3.63) is 17.0 Å². The molecule has 1 atom stereocenters. The van der Waals surface area contributed by atoms with Gasteiger partial charge in [0.2, 0.25) is 0 Å². The molecular weight excluding hydrogens is 236 g/mol. The molecule has 1 aromatic rings. The number of H-pyrrole nitrogens is 1. The summed E-state index contributed by atoms with van der Waals surface area (Å²) in [6, 6.07) is 0.784. The van der Waals surface area contributed by atoms with Gasteiger partial charge in [0, 0.05) is 23.8 Å². The zero-order valence-corrected chi connectivity index (χ0v) is 12.6. The fourth-order valence-corrected chi connectivity index (χ4v) is 2.94. The second-order valence-corrected chi connectivity index (χ2v) is 5.82. The number of piperidine rings is 1. The van der Waals surface area contributed by atoms with Crippen LogP contribution in [0, 0.1) is 13.8 Å². The van der Waals surface area contributed by atoms with Gasteiger partial charge in [0.25, 0.3) is 0 Å². The fraction of sp³-hybridized carbons (Fsp3) is 0.800. The summed E-state index contributed by atoms with van der Waals surface area (Å²) in [7, 11) is 0. The third kappa shape index (κ3) is 4.05. The standard InChI is InChI=1S/C15H28N4/c1-12-7-4-5-9-19(12)10-6-8-16-11-15-13(2)17-18-14(15)3/h12,16H,4-11H2,1-3H3,(H,17,18). The van der Waals surface area contributed by atoms with Crippen LogP contribution in [0.4, 0.5) is 0 Å². The Kier molecular flexibility index (Phi) is 5.40. The molecule has 1 unspecified atom stereocenters. The van der Waals surface area contributed by atoms with Crippen LogP contribution < -0.4 is 5.32 Å². The lowest BCUT2D eigenvalue weighted by molar-refractivity contribution is 0.159. The highest BCUT2D eigenvalue weighted by molar-refractivity contribution is 5.22. The summed E-state index contributed by atoms with van der Waals surface area (Å²) in [6.45, 7) is 11.1. The van der Waals surface area contributed by atoms with E-state index in [9.17, 15) is 0 Å². The number of hydrogen-bond donors (Lipinski definition) is 2. The van der Waals surface area contributed by atoms with E-state index >= 15 is 0 Å². The van der Waals surface area contributed by atoms with Crippen molar-refractivity contribution in [2.24, 2.45) is 0 Å². The number of nitrogens with one attached hydrogen (secondary N) is 2. The molecule has 19 heavy (non-hydrogen) atoms. The maximum absolute atomic E-state index is 4.23. The first kappa shape index (κ1) is 14.5. The summed E-state index contributed by atoms with van der Waals surface area (Å²) in [5.74, 6) is 0. The van der Waals surface area contributed by atoms with E-state index < -0.39 is 0 Å². The van der Waals surface area contributed by atoms with Crippen molar-refractivity contribution < 1.29 is 0 Å². The van der Waals surface area contributed by atoms with Gasteiger partial charge in [0.05, 0.1) is 5.69 Å². The average molecular weight is 264 g/mol. The second-order valence-electron chi connectivity index (χ2n) is 5.82. The summed E-state index contributed by atoms with van der Waals surface area (Å²) < 4.78 is 0. The molecule has 0 radical (unpaired) electrons. The van der Waals surface area contributed by atoms with Crippen molar-refractivity contribution >= 4 is 0 Å². The molecule has 4 nitrogen and oxygen atoms in total. The highest BCUT2D eigenvalue weighted by atomic mass is 15.2. The highest BCUT2D eigenvalue weighted by Gasteiger charge is 2.16. The van der Waals surface area contributed by atoms with E-state index in [1.807, 2.05) is 0 Å². The van der Waals surface area contributed by atoms with Crippen molar-refractivity contribution in [1.29, 1.82) is 0 Å². The van der Waals surface area contributed by atoms with E-state index in [1.165, 1.54) is 50.0 Å². The fourth-order valence-electron chi connectivity index (χ4n) is 2.94. The van der Waals surface area contributed by atoms with Gasteiger partial charge in [-0.15, -0.1) is 0 Å². The lowest BCUT2D eigenvalue weighted by atomic mass is 10.0. The number of likely N-dealkylation sites (tertiary alicyclic amines) is 1. The first-order chi connectivity index (χ1) is 9.18. The van der Waals surface area contributed by atoms with Crippen LogP contribution in [0.2, 0.25) is 0 Å². The Labute approximate surface area is 117 Å². The number of rotatable bonds is 6. The largest absolute Gasteiger partial charge is 0.312 e. The molecular formula is C15H28N4. The summed E-state index contributed by atoms with van der Waals surface area (Å²) in [4.78, 5) is 2.64. The normalized spacial score (nSPS) is 20.9. The van der Waals surface area contributed by atoms with E-state index in [-0.39, 0.29) is 0 Å². The summed E-state index contributed by atoms with van der Waals surface area (Å²) in [6.07, 6.45) is 5.40. The third-order valence-electron chi connectivity index (χ3n) is 4.32. The van der Waals surface area contributed by atoms with E-state index in [0.29, 0.717) is 0 Å². The van der Waals surface area contributed by atoms with E-state index in [4.69, 9.17) is 0 Å². The minimum Gasteiger partial charge on any atom is -0.312 e. The van der Waals surface area contributed by atoms with Gasteiger partial charge >= 0.3 is 0 Å². The summed E-state index contributed by atoms with van der Waals surface area (Å²) >= 11 is 0. The van der Waals surface area contributed by atoms with Crippen molar-refractivity contribution in [3.8, 4) is 0 Å². The van der Waals surface area contributed by atoms with Gasteiger partial charge in [-0.25, -0.2) is 0 Å². The van der Waals surface area contributed by atoms with Crippen LogP contribution in [-0.2, 0) is 6.54 Å². The molecule has 108 valence electrons. The molecule has 1 aliphatic heterocycles. The van der Waals surface area contributed by atoms with Gasteiger partial charge in [-0.3, -0.25) is 5.10 Å². The van der Waals surface area contributed by atoms with Gasteiger partial charge in [-0.05, 0) is 59.7 Å². The minimum absolute atomic E-state index is 0.784. The van der Waals surface area contributed by atoms with Crippen LogP contribution in [0.3, 0.4) is 0 Å². The summed E-state index contributed by atoms with van der Waals surface area (Å²) in [5.41, 5.74) is 3.63. The molecule has 1 aromatic heterocycles. The number of aryl methyl sites for hydroxylation is 2.